The highest BCUT2D eigenvalue weighted by molar-refractivity contribution is 6.30. The molecule has 0 unspecified atom stereocenters. The second kappa shape index (κ2) is 5.91. The Balaban J connectivity index is 2.28. The first-order valence-corrected chi connectivity index (χ1v) is 6.14. The molecule has 1 atom stereocenters. The van der Waals surface area contributed by atoms with E-state index in [4.69, 9.17) is 11.6 Å². The number of nitrogens with zero attached hydrogens (tertiary/aromatic N) is 1. The van der Waals surface area contributed by atoms with Crippen LogP contribution in [0.15, 0.2) is 18.2 Å². The lowest BCUT2D eigenvalue weighted by Gasteiger charge is -2.34. The van der Waals surface area contributed by atoms with Crippen molar-refractivity contribution in [1.82, 2.24) is 10.2 Å². The van der Waals surface area contributed by atoms with Gasteiger partial charge in [-0.25, -0.2) is 13.2 Å². The van der Waals surface area contributed by atoms with Crippen molar-refractivity contribution in [3.63, 3.8) is 0 Å². The lowest BCUT2D eigenvalue weighted by molar-refractivity contribution is 0.0180. The molecule has 1 fully saturated rings. The first kappa shape index (κ1) is 13.6. The molecule has 0 saturated carbocycles. The summed E-state index contributed by atoms with van der Waals surface area (Å²) < 4.78 is 39.7. The van der Waals surface area contributed by atoms with Crippen LogP contribution in [0.4, 0.5) is 13.2 Å². The van der Waals surface area contributed by atoms with E-state index in [9.17, 15) is 13.2 Å². The number of rotatable bonds is 3. The zero-order valence-electron chi connectivity index (χ0n) is 9.67. The van der Waals surface area contributed by atoms with Gasteiger partial charge in [-0.2, -0.15) is 0 Å². The van der Waals surface area contributed by atoms with Crippen LogP contribution in [0, 0.1) is 5.82 Å². The Labute approximate surface area is 109 Å². The van der Waals surface area contributed by atoms with Crippen molar-refractivity contribution >= 4 is 11.6 Å². The van der Waals surface area contributed by atoms with Crippen LogP contribution >= 0.6 is 11.6 Å². The first-order chi connectivity index (χ1) is 8.58. The van der Waals surface area contributed by atoms with Gasteiger partial charge in [-0.3, -0.25) is 4.90 Å². The maximum Gasteiger partial charge on any atom is 0.258 e. The number of benzene rings is 1. The van der Waals surface area contributed by atoms with E-state index in [2.05, 4.69) is 5.32 Å². The SMILES string of the molecule is Fc1cc(Cl)cc([C@@H](C(F)F)N2CCNCC2)c1. The van der Waals surface area contributed by atoms with Gasteiger partial charge in [0.2, 0.25) is 0 Å². The second-order valence-corrected chi connectivity index (χ2v) is 4.70. The maximum atomic E-state index is 13.3. The molecule has 2 nitrogen and oxygen atoms in total. The van der Waals surface area contributed by atoms with Crippen molar-refractivity contribution in [1.29, 1.82) is 0 Å². The van der Waals surface area contributed by atoms with Crippen LogP contribution in [0.5, 0.6) is 0 Å². The monoisotopic (exact) mass is 278 g/mol. The average molecular weight is 279 g/mol. The van der Waals surface area contributed by atoms with Crippen molar-refractivity contribution in [2.75, 3.05) is 26.2 Å². The van der Waals surface area contributed by atoms with Crippen molar-refractivity contribution < 1.29 is 13.2 Å². The van der Waals surface area contributed by atoms with E-state index >= 15 is 0 Å². The van der Waals surface area contributed by atoms with Gasteiger partial charge in [0.1, 0.15) is 5.82 Å². The van der Waals surface area contributed by atoms with E-state index in [0.717, 1.165) is 12.1 Å². The van der Waals surface area contributed by atoms with Crippen LogP contribution in [0.1, 0.15) is 11.6 Å². The van der Waals surface area contributed by atoms with Gasteiger partial charge in [0.05, 0.1) is 6.04 Å². The zero-order chi connectivity index (χ0) is 13.1. The predicted octanol–water partition coefficient (Wildman–Crippen LogP) is 2.69. The van der Waals surface area contributed by atoms with Gasteiger partial charge in [0, 0.05) is 31.2 Å². The zero-order valence-corrected chi connectivity index (χ0v) is 10.4. The molecule has 6 heteroatoms. The van der Waals surface area contributed by atoms with Crippen LogP contribution in [-0.4, -0.2) is 37.5 Å². The molecular formula is C12H14ClF3N2. The van der Waals surface area contributed by atoms with E-state index in [1.807, 2.05) is 0 Å². The van der Waals surface area contributed by atoms with E-state index in [1.165, 1.54) is 6.07 Å². The summed E-state index contributed by atoms with van der Waals surface area (Å²) in [5.41, 5.74) is 0.233. The number of halogens is 4. The highest BCUT2D eigenvalue weighted by Gasteiger charge is 2.30. The van der Waals surface area contributed by atoms with Crippen molar-refractivity contribution in [2.45, 2.75) is 12.5 Å². The number of alkyl halides is 2. The highest BCUT2D eigenvalue weighted by atomic mass is 35.5. The summed E-state index contributed by atoms with van der Waals surface area (Å²) in [5, 5.41) is 3.24. The highest BCUT2D eigenvalue weighted by Crippen LogP contribution is 2.30. The normalized spacial score (nSPS) is 19.2. The smallest absolute Gasteiger partial charge is 0.258 e. The summed E-state index contributed by atoms with van der Waals surface area (Å²) in [5.74, 6) is -0.585. The fourth-order valence-electron chi connectivity index (χ4n) is 2.22. The fourth-order valence-corrected chi connectivity index (χ4v) is 2.45. The summed E-state index contributed by atoms with van der Waals surface area (Å²) in [6.45, 7) is 2.35. The molecule has 1 aliphatic rings. The topological polar surface area (TPSA) is 15.3 Å². The second-order valence-electron chi connectivity index (χ2n) is 4.27. The molecule has 0 aliphatic carbocycles. The standard InChI is InChI=1S/C12H14ClF3N2/c13-9-5-8(6-10(14)7-9)11(12(15)16)18-3-1-17-2-4-18/h5-7,11-12,17H,1-4H2/t11-/m0/s1. The average Bonchev–Trinajstić information content (AvgIpc) is 2.28. The number of nitrogens with one attached hydrogen (secondary N) is 1. The van der Waals surface area contributed by atoms with Crippen LogP contribution in [0.3, 0.4) is 0 Å². The van der Waals surface area contributed by atoms with Crippen molar-refractivity contribution in [2.24, 2.45) is 0 Å². The van der Waals surface area contributed by atoms with E-state index in [0.29, 0.717) is 26.2 Å². The fraction of sp³-hybridized carbons (Fsp3) is 0.500. The molecule has 0 amide bonds. The number of hydrogen-bond donors (Lipinski definition) is 1. The third kappa shape index (κ3) is 3.16. The lowest BCUT2D eigenvalue weighted by atomic mass is 10.0. The van der Waals surface area contributed by atoms with Crippen LogP contribution < -0.4 is 5.32 Å². The summed E-state index contributed by atoms with van der Waals surface area (Å²) >= 11 is 5.72. The predicted molar refractivity (Wildman–Crippen MR) is 64.6 cm³/mol. The van der Waals surface area contributed by atoms with Crippen LogP contribution in [-0.2, 0) is 0 Å². The first-order valence-electron chi connectivity index (χ1n) is 5.77. The molecule has 0 spiro atoms. The molecular weight excluding hydrogens is 265 g/mol. The third-order valence-electron chi connectivity index (χ3n) is 3.01. The third-order valence-corrected chi connectivity index (χ3v) is 3.23. The molecule has 2 rings (SSSR count). The maximum absolute atomic E-state index is 13.3. The Morgan fingerprint density at radius 3 is 2.39 bits per heavy atom. The van der Waals surface area contributed by atoms with Crippen molar-refractivity contribution in [3.05, 3.63) is 34.6 Å². The molecule has 1 aromatic rings. The summed E-state index contributed by atoms with van der Waals surface area (Å²) in [6.07, 6.45) is -2.57. The summed E-state index contributed by atoms with van der Waals surface area (Å²) in [6, 6.07) is 2.56. The van der Waals surface area contributed by atoms with Gasteiger partial charge in [-0.15, -0.1) is 0 Å². The molecule has 0 aromatic heterocycles. The Bertz CT molecular complexity index is 388. The van der Waals surface area contributed by atoms with E-state index in [-0.39, 0.29) is 10.6 Å². The Morgan fingerprint density at radius 1 is 1.17 bits per heavy atom. The molecule has 1 heterocycles. The summed E-state index contributed by atoms with van der Waals surface area (Å²) in [7, 11) is 0. The van der Waals surface area contributed by atoms with Crippen LogP contribution in [0.25, 0.3) is 0 Å². The van der Waals surface area contributed by atoms with Crippen molar-refractivity contribution in [3.8, 4) is 0 Å². The molecule has 0 bridgehead atoms. The Hall–Kier alpha value is -0.780. The van der Waals surface area contributed by atoms with E-state index in [1.54, 1.807) is 4.90 Å². The van der Waals surface area contributed by atoms with Gasteiger partial charge in [0.15, 0.2) is 0 Å². The Kier molecular flexibility index (Phi) is 4.48. The molecule has 1 N–H and O–H groups in total. The van der Waals surface area contributed by atoms with Gasteiger partial charge in [-0.1, -0.05) is 11.6 Å². The molecule has 100 valence electrons. The minimum absolute atomic E-state index is 0.144. The minimum Gasteiger partial charge on any atom is -0.314 e. The van der Waals surface area contributed by atoms with E-state index < -0.39 is 18.3 Å². The van der Waals surface area contributed by atoms with Gasteiger partial charge < -0.3 is 5.32 Å². The molecule has 18 heavy (non-hydrogen) atoms. The molecule has 1 aromatic carbocycles. The van der Waals surface area contributed by atoms with Gasteiger partial charge in [0.25, 0.3) is 6.43 Å². The Morgan fingerprint density at radius 2 is 1.83 bits per heavy atom. The molecule has 1 saturated heterocycles. The lowest BCUT2D eigenvalue weighted by Crippen LogP contribution is -2.46. The summed E-state index contributed by atoms with van der Waals surface area (Å²) in [4.78, 5) is 1.66. The number of hydrogen-bond acceptors (Lipinski definition) is 2. The van der Waals surface area contributed by atoms with Gasteiger partial charge >= 0.3 is 0 Å². The molecule has 0 radical (unpaired) electrons. The minimum atomic E-state index is -2.57. The quantitative estimate of drug-likeness (QED) is 0.914. The number of piperazine rings is 1. The molecule has 1 aliphatic heterocycles. The largest absolute Gasteiger partial charge is 0.314 e. The van der Waals surface area contributed by atoms with Gasteiger partial charge in [-0.05, 0) is 23.8 Å². The van der Waals surface area contributed by atoms with Crippen LogP contribution in [0.2, 0.25) is 5.02 Å².